The highest BCUT2D eigenvalue weighted by Gasteiger charge is 2.48. The number of carbonyl (C=O) groups excluding carboxylic acids is 2. The second-order valence-electron chi connectivity index (χ2n) is 7.86. The van der Waals surface area contributed by atoms with Crippen molar-refractivity contribution >= 4 is 28.9 Å². The fourth-order valence-electron chi connectivity index (χ4n) is 3.84. The van der Waals surface area contributed by atoms with Gasteiger partial charge in [-0.25, -0.2) is 0 Å². The molecule has 2 aliphatic rings. The third-order valence-corrected chi connectivity index (χ3v) is 5.62. The molecule has 4 rings (SSSR count). The molecule has 1 saturated carbocycles. The Balaban J connectivity index is 1.38. The van der Waals surface area contributed by atoms with Crippen molar-refractivity contribution in [2.75, 3.05) is 41.8 Å². The van der Waals surface area contributed by atoms with Crippen molar-refractivity contribution in [3.05, 3.63) is 53.6 Å². The first-order valence-electron chi connectivity index (χ1n) is 10.1. The Morgan fingerprint density at radius 1 is 0.931 bits per heavy atom. The molecule has 0 spiro atoms. The zero-order valence-corrected chi connectivity index (χ0v) is 16.9. The average Bonchev–Trinajstić information content (AvgIpc) is 3.52. The molecule has 1 saturated heterocycles. The van der Waals surface area contributed by atoms with E-state index in [1.165, 1.54) is 0 Å². The highest BCUT2D eigenvalue weighted by Crippen LogP contribution is 2.41. The molecule has 1 aliphatic carbocycles. The second kappa shape index (κ2) is 8.25. The second-order valence-corrected chi connectivity index (χ2v) is 7.86. The smallest absolute Gasteiger partial charge is 0.228 e. The summed E-state index contributed by atoms with van der Waals surface area (Å²) in [6, 6.07) is 13.7. The number of hydrogen-bond donors (Lipinski definition) is 2. The number of morpholine rings is 1. The number of amides is 2. The molecule has 1 aliphatic heterocycles. The van der Waals surface area contributed by atoms with Gasteiger partial charge < -0.3 is 20.3 Å². The lowest BCUT2D eigenvalue weighted by Gasteiger charge is -2.30. The van der Waals surface area contributed by atoms with E-state index in [1.54, 1.807) is 0 Å². The van der Waals surface area contributed by atoms with Gasteiger partial charge in [0.15, 0.2) is 0 Å². The summed E-state index contributed by atoms with van der Waals surface area (Å²) in [5, 5.41) is 6.01. The maximum Gasteiger partial charge on any atom is 0.228 e. The summed E-state index contributed by atoms with van der Waals surface area (Å²) in [4.78, 5) is 27.6. The van der Waals surface area contributed by atoms with Crippen molar-refractivity contribution in [3.8, 4) is 0 Å². The molecule has 0 bridgehead atoms. The third kappa shape index (κ3) is 4.43. The van der Waals surface area contributed by atoms with Gasteiger partial charge in [-0.2, -0.15) is 0 Å². The number of benzene rings is 2. The summed E-state index contributed by atoms with van der Waals surface area (Å²) in [7, 11) is 0. The number of aryl methyl sites for hydroxylation is 2. The fraction of sp³-hybridized carbons (Fsp3) is 0.391. The van der Waals surface area contributed by atoms with E-state index in [4.69, 9.17) is 4.74 Å². The molecule has 2 aromatic rings. The molecule has 0 radical (unpaired) electrons. The van der Waals surface area contributed by atoms with Gasteiger partial charge in [-0.1, -0.05) is 29.8 Å². The first-order valence-corrected chi connectivity index (χ1v) is 10.1. The van der Waals surface area contributed by atoms with Gasteiger partial charge in [-0.05, 0) is 44.0 Å². The van der Waals surface area contributed by atoms with Crippen LogP contribution in [-0.2, 0) is 14.3 Å². The normalized spacial score (nSPS) is 20.8. The van der Waals surface area contributed by atoms with E-state index in [2.05, 4.69) is 15.5 Å². The molecule has 2 unspecified atom stereocenters. The van der Waals surface area contributed by atoms with E-state index in [0.29, 0.717) is 19.6 Å². The minimum atomic E-state index is -0.279. The molecule has 6 nitrogen and oxygen atoms in total. The molecule has 6 heteroatoms. The Hall–Kier alpha value is -2.86. The van der Waals surface area contributed by atoms with Crippen molar-refractivity contribution in [3.63, 3.8) is 0 Å². The largest absolute Gasteiger partial charge is 0.378 e. The molecule has 2 atom stereocenters. The SMILES string of the molecule is Cc1ccc(NC(=O)C2CC2C(=O)Nc2ccccc2N2CCOCC2)c(C)c1. The lowest BCUT2D eigenvalue weighted by Crippen LogP contribution is -2.36. The molecule has 2 amide bonds. The molecule has 1 heterocycles. The van der Waals surface area contributed by atoms with Crippen LogP contribution >= 0.6 is 0 Å². The van der Waals surface area contributed by atoms with Crippen molar-refractivity contribution in [2.45, 2.75) is 20.3 Å². The summed E-state index contributed by atoms with van der Waals surface area (Å²) in [6.45, 7) is 6.97. The van der Waals surface area contributed by atoms with Crippen LogP contribution in [0.1, 0.15) is 17.5 Å². The van der Waals surface area contributed by atoms with Crippen LogP contribution in [0.2, 0.25) is 0 Å². The predicted molar refractivity (Wildman–Crippen MR) is 114 cm³/mol. The molecule has 152 valence electrons. The van der Waals surface area contributed by atoms with Crippen LogP contribution in [0.4, 0.5) is 17.1 Å². The van der Waals surface area contributed by atoms with Crippen LogP contribution in [0, 0.1) is 25.7 Å². The summed E-state index contributed by atoms with van der Waals surface area (Å²) in [5.74, 6) is -0.727. The minimum absolute atomic E-state index is 0.0847. The van der Waals surface area contributed by atoms with Crippen molar-refractivity contribution in [2.24, 2.45) is 11.8 Å². The maximum atomic E-state index is 12.8. The molecular weight excluding hydrogens is 366 g/mol. The Morgan fingerprint density at radius 2 is 1.59 bits per heavy atom. The fourth-order valence-corrected chi connectivity index (χ4v) is 3.84. The summed E-state index contributed by atoms with van der Waals surface area (Å²) < 4.78 is 5.42. The number of para-hydroxylation sites is 2. The number of carbonyl (C=O) groups is 2. The summed E-state index contributed by atoms with van der Waals surface area (Å²) in [5.41, 5.74) is 4.78. The monoisotopic (exact) mass is 393 g/mol. The van der Waals surface area contributed by atoms with Crippen molar-refractivity contribution < 1.29 is 14.3 Å². The van der Waals surface area contributed by atoms with E-state index in [-0.39, 0.29) is 23.7 Å². The Morgan fingerprint density at radius 3 is 2.28 bits per heavy atom. The number of rotatable bonds is 5. The van der Waals surface area contributed by atoms with E-state index in [9.17, 15) is 9.59 Å². The van der Waals surface area contributed by atoms with E-state index in [0.717, 1.165) is 41.3 Å². The number of anilines is 3. The van der Waals surface area contributed by atoms with E-state index >= 15 is 0 Å². The first-order chi connectivity index (χ1) is 14.0. The van der Waals surface area contributed by atoms with E-state index < -0.39 is 0 Å². The Bertz CT molecular complexity index is 921. The van der Waals surface area contributed by atoms with Gasteiger partial charge in [0.2, 0.25) is 11.8 Å². The number of nitrogens with zero attached hydrogens (tertiary/aromatic N) is 1. The van der Waals surface area contributed by atoms with Gasteiger partial charge >= 0.3 is 0 Å². The molecule has 0 aromatic heterocycles. The number of ether oxygens (including phenoxy) is 1. The Labute approximate surface area is 171 Å². The molecular formula is C23H27N3O3. The number of nitrogens with one attached hydrogen (secondary N) is 2. The van der Waals surface area contributed by atoms with Gasteiger partial charge in [0.1, 0.15) is 0 Å². The average molecular weight is 393 g/mol. The highest BCUT2D eigenvalue weighted by atomic mass is 16.5. The predicted octanol–water partition coefficient (Wildman–Crippen LogP) is 3.35. The highest BCUT2D eigenvalue weighted by molar-refractivity contribution is 6.04. The van der Waals surface area contributed by atoms with Crippen LogP contribution in [0.25, 0.3) is 0 Å². The molecule has 2 N–H and O–H groups in total. The first kappa shape index (κ1) is 19.5. The topological polar surface area (TPSA) is 70.7 Å². The summed E-state index contributed by atoms with van der Waals surface area (Å²) in [6.07, 6.45) is 0.586. The zero-order chi connectivity index (χ0) is 20.4. The molecule has 2 fully saturated rings. The van der Waals surface area contributed by atoms with Crippen LogP contribution in [0.15, 0.2) is 42.5 Å². The molecule has 2 aromatic carbocycles. The van der Waals surface area contributed by atoms with Gasteiger partial charge in [0.05, 0.1) is 36.4 Å². The van der Waals surface area contributed by atoms with Crippen LogP contribution in [0.3, 0.4) is 0 Å². The Kier molecular flexibility index (Phi) is 5.53. The summed E-state index contributed by atoms with van der Waals surface area (Å²) >= 11 is 0. The van der Waals surface area contributed by atoms with Gasteiger partial charge in [0, 0.05) is 18.8 Å². The zero-order valence-electron chi connectivity index (χ0n) is 16.9. The van der Waals surface area contributed by atoms with Crippen molar-refractivity contribution in [1.82, 2.24) is 0 Å². The van der Waals surface area contributed by atoms with E-state index in [1.807, 2.05) is 56.3 Å². The van der Waals surface area contributed by atoms with Crippen LogP contribution in [0.5, 0.6) is 0 Å². The van der Waals surface area contributed by atoms with Crippen LogP contribution in [-0.4, -0.2) is 38.1 Å². The quantitative estimate of drug-likeness (QED) is 0.817. The number of hydrogen-bond acceptors (Lipinski definition) is 4. The molecule has 29 heavy (non-hydrogen) atoms. The van der Waals surface area contributed by atoms with Crippen molar-refractivity contribution in [1.29, 1.82) is 0 Å². The maximum absolute atomic E-state index is 12.8. The minimum Gasteiger partial charge on any atom is -0.378 e. The van der Waals surface area contributed by atoms with Crippen LogP contribution < -0.4 is 15.5 Å². The lowest BCUT2D eigenvalue weighted by atomic mass is 10.1. The van der Waals surface area contributed by atoms with Gasteiger partial charge in [0.25, 0.3) is 0 Å². The third-order valence-electron chi connectivity index (χ3n) is 5.62. The van der Waals surface area contributed by atoms with Gasteiger partial charge in [-0.15, -0.1) is 0 Å². The standard InChI is InChI=1S/C23H27N3O3/c1-15-7-8-19(16(2)13-15)24-22(27)17-14-18(17)23(28)25-20-5-3-4-6-21(20)26-9-11-29-12-10-26/h3-8,13,17-18H,9-12,14H2,1-2H3,(H,24,27)(H,25,28). The lowest BCUT2D eigenvalue weighted by molar-refractivity contribution is -0.122. The van der Waals surface area contributed by atoms with Gasteiger partial charge in [-0.3, -0.25) is 9.59 Å².